The maximum absolute atomic E-state index is 5.90. The van der Waals surface area contributed by atoms with E-state index in [4.69, 9.17) is 5.73 Å². The molecule has 0 aromatic carbocycles. The average molecular weight is 419 g/mol. The number of nitrogens with two attached hydrogens (primary N) is 1. The number of hydrogen-bond donors (Lipinski definition) is 1. The summed E-state index contributed by atoms with van der Waals surface area (Å²) in [6.07, 6.45) is 11.2. The lowest BCUT2D eigenvalue weighted by atomic mass is 10.2. The van der Waals surface area contributed by atoms with Crippen molar-refractivity contribution in [1.82, 2.24) is 34.3 Å². The van der Waals surface area contributed by atoms with E-state index in [0.29, 0.717) is 0 Å². The number of aromatic nitrogens is 7. The summed E-state index contributed by atoms with van der Waals surface area (Å²) in [4.78, 5) is 18.1. The molecule has 1 saturated heterocycles. The molecule has 0 aliphatic carbocycles. The SMILES string of the molecule is CCn1cc(-c2cc3c(N4CCN(c5ncc(C(C)N)cn5)CC4)ncnn3c2)cn1. The van der Waals surface area contributed by atoms with Crippen LogP contribution >= 0.6 is 0 Å². The van der Waals surface area contributed by atoms with Gasteiger partial charge in [0.25, 0.3) is 0 Å². The smallest absolute Gasteiger partial charge is 0.225 e. The van der Waals surface area contributed by atoms with E-state index in [1.54, 1.807) is 6.33 Å². The van der Waals surface area contributed by atoms with Crippen LogP contribution in [0.1, 0.15) is 25.5 Å². The Hall–Kier alpha value is -3.53. The quantitative estimate of drug-likeness (QED) is 0.522. The Kier molecular flexibility index (Phi) is 4.99. The lowest BCUT2D eigenvalue weighted by Crippen LogP contribution is -2.47. The zero-order chi connectivity index (χ0) is 21.4. The van der Waals surface area contributed by atoms with Gasteiger partial charge >= 0.3 is 0 Å². The number of hydrogen-bond acceptors (Lipinski definition) is 8. The highest BCUT2D eigenvalue weighted by Crippen LogP contribution is 2.27. The van der Waals surface area contributed by atoms with E-state index < -0.39 is 0 Å². The Labute approximate surface area is 180 Å². The molecule has 2 N–H and O–H groups in total. The van der Waals surface area contributed by atoms with Crippen molar-refractivity contribution in [2.24, 2.45) is 5.73 Å². The minimum absolute atomic E-state index is 0.0608. The Bertz CT molecular complexity index is 1170. The molecule has 31 heavy (non-hydrogen) atoms. The molecule has 5 rings (SSSR count). The molecular formula is C21H26N10. The lowest BCUT2D eigenvalue weighted by molar-refractivity contribution is 0.632. The summed E-state index contributed by atoms with van der Waals surface area (Å²) in [5.74, 6) is 1.69. The summed E-state index contributed by atoms with van der Waals surface area (Å²) < 4.78 is 3.81. The van der Waals surface area contributed by atoms with Crippen molar-refractivity contribution in [1.29, 1.82) is 0 Å². The molecule has 1 fully saturated rings. The van der Waals surface area contributed by atoms with E-state index in [9.17, 15) is 0 Å². The van der Waals surface area contributed by atoms with Crippen molar-refractivity contribution in [3.05, 3.63) is 48.9 Å². The number of nitrogens with zero attached hydrogens (tertiary/aromatic N) is 9. The standard InChI is InChI=1S/C21H26N10/c1-3-30-12-18(11-26-30)16-8-19-20(25-14-27-31(19)13-16)28-4-6-29(7-5-28)21-23-9-17(10-24-21)15(2)22/h8-15H,3-7,22H2,1-2H3. The van der Waals surface area contributed by atoms with Gasteiger partial charge in [-0.05, 0) is 19.9 Å². The molecule has 0 saturated carbocycles. The highest BCUT2D eigenvalue weighted by atomic mass is 15.4. The summed E-state index contributed by atoms with van der Waals surface area (Å²) in [5, 5.41) is 8.79. The van der Waals surface area contributed by atoms with Crippen LogP contribution in [-0.4, -0.2) is 60.5 Å². The first-order valence-corrected chi connectivity index (χ1v) is 10.6. The maximum atomic E-state index is 5.90. The summed E-state index contributed by atoms with van der Waals surface area (Å²) in [5.41, 5.74) is 10.0. The van der Waals surface area contributed by atoms with Crippen molar-refractivity contribution in [2.45, 2.75) is 26.4 Å². The van der Waals surface area contributed by atoms with Crippen molar-refractivity contribution in [2.75, 3.05) is 36.0 Å². The fourth-order valence-electron chi connectivity index (χ4n) is 3.85. The Morgan fingerprint density at radius 3 is 2.35 bits per heavy atom. The summed E-state index contributed by atoms with van der Waals surface area (Å²) in [7, 11) is 0. The largest absolute Gasteiger partial charge is 0.351 e. The number of rotatable bonds is 5. The predicted octanol–water partition coefficient (Wildman–Crippen LogP) is 1.75. The molecule has 4 aromatic heterocycles. The molecule has 10 nitrogen and oxygen atoms in total. The first-order valence-electron chi connectivity index (χ1n) is 10.6. The second-order valence-corrected chi connectivity index (χ2v) is 7.81. The first-order chi connectivity index (χ1) is 15.1. The van der Waals surface area contributed by atoms with E-state index in [2.05, 4.69) is 54.1 Å². The van der Waals surface area contributed by atoms with Crippen LogP contribution in [0.3, 0.4) is 0 Å². The first kappa shape index (κ1) is 19.4. The van der Waals surface area contributed by atoms with Crippen LogP contribution in [0.5, 0.6) is 0 Å². The molecule has 1 aliphatic heterocycles. The van der Waals surface area contributed by atoms with E-state index >= 15 is 0 Å². The van der Waals surface area contributed by atoms with Crippen molar-refractivity contribution < 1.29 is 0 Å². The topological polar surface area (TPSA) is 106 Å². The van der Waals surface area contributed by atoms with Gasteiger partial charge in [0.2, 0.25) is 5.95 Å². The second kappa shape index (κ2) is 7.95. The van der Waals surface area contributed by atoms with E-state index in [1.165, 1.54) is 0 Å². The third-order valence-corrected chi connectivity index (χ3v) is 5.72. The molecule has 1 atom stereocenters. The van der Waals surface area contributed by atoms with Gasteiger partial charge in [-0.25, -0.2) is 19.5 Å². The lowest BCUT2D eigenvalue weighted by Gasteiger charge is -2.35. The highest BCUT2D eigenvalue weighted by Gasteiger charge is 2.22. The van der Waals surface area contributed by atoms with Crippen LogP contribution in [0.25, 0.3) is 16.6 Å². The normalized spacial score (nSPS) is 15.6. The average Bonchev–Trinajstić information content (AvgIpc) is 3.46. The van der Waals surface area contributed by atoms with Gasteiger partial charge in [-0.2, -0.15) is 10.2 Å². The van der Waals surface area contributed by atoms with Crippen LogP contribution in [-0.2, 0) is 6.54 Å². The predicted molar refractivity (Wildman–Crippen MR) is 119 cm³/mol. The molecule has 0 amide bonds. The molecule has 1 aliphatic rings. The number of aryl methyl sites for hydroxylation is 1. The summed E-state index contributed by atoms with van der Waals surface area (Å²) in [6, 6.07) is 2.07. The molecule has 5 heterocycles. The van der Waals surface area contributed by atoms with Gasteiger partial charge in [-0.1, -0.05) is 0 Å². The second-order valence-electron chi connectivity index (χ2n) is 7.81. The molecular weight excluding hydrogens is 392 g/mol. The highest BCUT2D eigenvalue weighted by molar-refractivity contribution is 5.77. The van der Waals surface area contributed by atoms with E-state index in [-0.39, 0.29) is 6.04 Å². The maximum Gasteiger partial charge on any atom is 0.225 e. The Balaban J connectivity index is 1.34. The van der Waals surface area contributed by atoms with Gasteiger partial charge in [0.05, 0.1) is 6.20 Å². The minimum atomic E-state index is -0.0608. The molecule has 0 radical (unpaired) electrons. The Morgan fingerprint density at radius 2 is 1.68 bits per heavy atom. The van der Waals surface area contributed by atoms with Crippen LogP contribution < -0.4 is 15.5 Å². The van der Waals surface area contributed by atoms with Crippen molar-refractivity contribution in [3.8, 4) is 11.1 Å². The number of fused-ring (bicyclic) bond motifs is 1. The summed E-state index contributed by atoms with van der Waals surface area (Å²) >= 11 is 0. The monoisotopic (exact) mass is 418 g/mol. The van der Waals surface area contributed by atoms with Gasteiger partial charge in [0.15, 0.2) is 5.82 Å². The molecule has 0 spiro atoms. The molecule has 1 unspecified atom stereocenters. The van der Waals surface area contributed by atoms with Gasteiger partial charge in [-0.3, -0.25) is 4.68 Å². The van der Waals surface area contributed by atoms with Gasteiger partial charge < -0.3 is 15.5 Å². The fraction of sp³-hybridized carbons (Fsp3) is 0.381. The van der Waals surface area contributed by atoms with E-state index in [0.717, 1.165) is 66.7 Å². The minimum Gasteiger partial charge on any atom is -0.351 e. The van der Waals surface area contributed by atoms with Gasteiger partial charge in [0, 0.05) is 80.2 Å². The zero-order valence-electron chi connectivity index (χ0n) is 17.8. The van der Waals surface area contributed by atoms with Crippen molar-refractivity contribution in [3.63, 3.8) is 0 Å². The van der Waals surface area contributed by atoms with Crippen molar-refractivity contribution >= 4 is 17.3 Å². The van der Waals surface area contributed by atoms with Crippen LogP contribution in [0, 0.1) is 0 Å². The number of piperazine rings is 1. The number of anilines is 2. The molecule has 160 valence electrons. The third-order valence-electron chi connectivity index (χ3n) is 5.72. The Morgan fingerprint density at radius 1 is 0.935 bits per heavy atom. The van der Waals surface area contributed by atoms with Crippen LogP contribution in [0.15, 0.2) is 43.4 Å². The van der Waals surface area contributed by atoms with E-state index in [1.807, 2.05) is 40.9 Å². The molecule has 10 heteroatoms. The van der Waals surface area contributed by atoms with Crippen LogP contribution in [0.2, 0.25) is 0 Å². The molecule has 0 bridgehead atoms. The van der Waals surface area contributed by atoms with Gasteiger partial charge in [-0.15, -0.1) is 0 Å². The molecule has 4 aromatic rings. The van der Waals surface area contributed by atoms with Crippen LogP contribution in [0.4, 0.5) is 11.8 Å². The van der Waals surface area contributed by atoms with Gasteiger partial charge in [0.1, 0.15) is 11.8 Å². The summed E-state index contributed by atoms with van der Waals surface area (Å²) in [6.45, 7) is 8.17. The fourth-order valence-corrected chi connectivity index (χ4v) is 3.85. The third kappa shape index (κ3) is 3.70. The zero-order valence-corrected chi connectivity index (χ0v) is 17.8.